The maximum absolute atomic E-state index is 9.24. The van der Waals surface area contributed by atoms with Gasteiger partial charge in [0, 0.05) is 0 Å². The Kier molecular flexibility index (Phi) is 4.01. The first-order valence-electron chi connectivity index (χ1n) is 6.12. The molecule has 0 aliphatic carbocycles. The van der Waals surface area contributed by atoms with E-state index >= 15 is 0 Å². The largest absolute Gasteiger partial charge is 0.508 e. The van der Waals surface area contributed by atoms with E-state index < -0.39 is 0 Å². The van der Waals surface area contributed by atoms with E-state index in [9.17, 15) is 5.11 Å². The molecule has 0 radical (unpaired) electrons. The van der Waals surface area contributed by atoms with Crippen LogP contribution in [0.5, 0.6) is 5.75 Å². The van der Waals surface area contributed by atoms with Crippen LogP contribution in [0.25, 0.3) is 0 Å². The van der Waals surface area contributed by atoms with E-state index in [2.05, 4.69) is 34.6 Å². The Morgan fingerprint density at radius 3 is 2.00 bits per heavy atom. The van der Waals surface area contributed by atoms with Crippen LogP contribution < -0.4 is 0 Å². The van der Waals surface area contributed by atoms with E-state index in [1.165, 1.54) is 5.56 Å². The Morgan fingerprint density at radius 2 is 1.56 bits per heavy atom. The zero-order chi connectivity index (χ0) is 12.3. The number of benzene rings is 1. The monoisotopic (exact) mass is 220 g/mol. The molecule has 1 aromatic rings. The van der Waals surface area contributed by atoms with Crippen LogP contribution in [0.3, 0.4) is 0 Å². The fourth-order valence-electron chi connectivity index (χ4n) is 1.82. The van der Waals surface area contributed by atoms with Crippen molar-refractivity contribution in [1.29, 1.82) is 0 Å². The molecule has 1 aromatic carbocycles. The molecule has 1 heteroatoms. The summed E-state index contributed by atoms with van der Waals surface area (Å²) in [7, 11) is 0. The summed E-state index contributed by atoms with van der Waals surface area (Å²) in [5.41, 5.74) is 1.65. The molecular weight excluding hydrogens is 196 g/mol. The molecule has 1 atom stereocenters. The third kappa shape index (κ3) is 3.01. The van der Waals surface area contributed by atoms with Crippen molar-refractivity contribution in [3.63, 3.8) is 0 Å². The lowest BCUT2D eigenvalue weighted by molar-refractivity contribution is 0.151. The lowest BCUT2D eigenvalue weighted by Crippen LogP contribution is -2.29. The van der Waals surface area contributed by atoms with Gasteiger partial charge in [0.15, 0.2) is 0 Å². The van der Waals surface area contributed by atoms with Gasteiger partial charge in [0.25, 0.3) is 0 Å². The number of rotatable bonds is 4. The molecule has 0 aliphatic heterocycles. The number of aromatic hydroxyl groups is 1. The summed E-state index contributed by atoms with van der Waals surface area (Å²) in [6, 6.07) is 7.57. The highest BCUT2D eigenvalue weighted by Gasteiger charge is 2.29. The summed E-state index contributed by atoms with van der Waals surface area (Å²) < 4.78 is 0. The lowest BCUT2D eigenvalue weighted by Gasteiger charge is -2.36. The maximum Gasteiger partial charge on any atom is 0.115 e. The standard InChI is InChI=1S/C15H24O/c1-11(2)15(4,5)12(3)10-13-6-8-14(16)9-7-13/h6-9,11-12,16H,10H2,1-5H3. The summed E-state index contributed by atoms with van der Waals surface area (Å²) in [5, 5.41) is 9.24. The minimum Gasteiger partial charge on any atom is -0.508 e. The molecule has 0 heterocycles. The maximum atomic E-state index is 9.24. The quantitative estimate of drug-likeness (QED) is 0.804. The van der Waals surface area contributed by atoms with Crippen LogP contribution in [0.2, 0.25) is 0 Å². The number of phenolic OH excluding ortho intramolecular Hbond substituents is 1. The fourth-order valence-corrected chi connectivity index (χ4v) is 1.82. The van der Waals surface area contributed by atoms with E-state index in [1.807, 2.05) is 12.1 Å². The van der Waals surface area contributed by atoms with Crippen molar-refractivity contribution >= 4 is 0 Å². The molecule has 0 amide bonds. The second kappa shape index (κ2) is 4.90. The van der Waals surface area contributed by atoms with Crippen LogP contribution in [-0.2, 0) is 6.42 Å². The van der Waals surface area contributed by atoms with E-state index in [1.54, 1.807) is 12.1 Å². The van der Waals surface area contributed by atoms with Crippen LogP contribution in [-0.4, -0.2) is 5.11 Å². The highest BCUT2D eigenvalue weighted by Crippen LogP contribution is 2.36. The van der Waals surface area contributed by atoms with Gasteiger partial charge in [-0.3, -0.25) is 0 Å². The predicted octanol–water partition coefficient (Wildman–Crippen LogP) is 4.25. The summed E-state index contributed by atoms with van der Waals surface area (Å²) in [5.74, 6) is 1.66. The van der Waals surface area contributed by atoms with Crippen LogP contribution in [0, 0.1) is 17.3 Å². The van der Waals surface area contributed by atoms with E-state index in [-0.39, 0.29) is 0 Å². The first kappa shape index (κ1) is 13.1. The second-order valence-electron chi connectivity index (χ2n) is 5.75. The molecule has 1 rings (SSSR count). The molecule has 1 N–H and O–H groups in total. The topological polar surface area (TPSA) is 20.2 Å². The SMILES string of the molecule is CC(C)C(C)(C)C(C)Cc1ccc(O)cc1. The van der Waals surface area contributed by atoms with Crippen molar-refractivity contribution in [1.82, 2.24) is 0 Å². The Hall–Kier alpha value is -0.980. The van der Waals surface area contributed by atoms with Crippen molar-refractivity contribution in [3.05, 3.63) is 29.8 Å². The van der Waals surface area contributed by atoms with Crippen molar-refractivity contribution in [2.75, 3.05) is 0 Å². The molecule has 0 aromatic heterocycles. The minimum absolute atomic E-state index is 0.345. The second-order valence-corrected chi connectivity index (χ2v) is 5.75. The molecule has 90 valence electrons. The molecule has 1 nitrogen and oxygen atoms in total. The smallest absolute Gasteiger partial charge is 0.115 e. The number of hydrogen-bond acceptors (Lipinski definition) is 1. The zero-order valence-corrected chi connectivity index (χ0v) is 11.1. The van der Waals surface area contributed by atoms with E-state index in [4.69, 9.17) is 0 Å². The first-order valence-corrected chi connectivity index (χ1v) is 6.12. The van der Waals surface area contributed by atoms with Crippen LogP contribution in [0.15, 0.2) is 24.3 Å². The molecule has 0 aliphatic rings. The van der Waals surface area contributed by atoms with Gasteiger partial charge in [0.2, 0.25) is 0 Å². The third-order valence-corrected chi connectivity index (χ3v) is 4.24. The summed E-state index contributed by atoms with van der Waals surface area (Å²) in [6.45, 7) is 11.6. The van der Waals surface area contributed by atoms with Crippen molar-refractivity contribution < 1.29 is 5.11 Å². The fraction of sp³-hybridized carbons (Fsp3) is 0.600. The molecule has 0 fully saturated rings. The molecule has 16 heavy (non-hydrogen) atoms. The molecule has 0 bridgehead atoms. The van der Waals surface area contributed by atoms with Crippen molar-refractivity contribution in [2.24, 2.45) is 17.3 Å². The first-order chi connectivity index (χ1) is 7.34. The molecular formula is C15H24O. The average Bonchev–Trinajstić information content (AvgIpc) is 2.21. The normalized spacial score (nSPS) is 14.1. The van der Waals surface area contributed by atoms with Gasteiger partial charge >= 0.3 is 0 Å². The van der Waals surface area contributed by atoms with Gasteiger partial charge < -0.3 is 5.11 Å². The average molecular weight is 220 g/mol. The highest BCUT2D eigenvalue weighted by molar-refractivity contribution is 5.26. The number of hydrogen-bond donors (Lipinski definition) is 1. The Bertz CT molecular complexity index is 322. The van der Waals surface area contributed by atoms with Gasteiger partial charge in [-0.25, -0.2) is 0 Å². The number of phenols is 1. The van der Waals surface area contributed by atoms with Gasteiger partial charge in [-0.1, -0.05) is 46.8 Å². The molecule has 0 saturated heterocycles. The van der Waals surface area contributed by atoms with Gasteiger partial charge in [-0.2, -0.15) is 0 Å². The summed E-state index contributed by atoms with van der Waals surface area (Å²) >= 11 is 0. The van der Waals surface area contributed by atoms with Crippen molar-refractivity contribution in [3.8, 4) is 5.75 Å². The van der Waals surface area contributed by atoms with Gasteiger partial charge in [-0.15, -0.1) is 0 Å². The third-order valence-electron chi connectivity index (χ3n) is 4.24. The Labute approximate surface area is 99.5 Å². The van der Waals surface area contributed by atoms with Gasteiger partial charge in [0.1, 0.15) is 5.75 Å². The predicted molar refractivity (Wildman–Crippen MR) is 69.6 cm³/mol. The summed E-state index contributed by atoms with van der Waals surface area (Å²) in [6.07, 6.45) is 1.07. The Morgan fingerprint density at radius 1 is 1.06 bits per heavy atom. The Balaban J connectivity index is 2.71. The highest BCUT2D eigenvalue weighted by atomic mass is 16.3. The van der Waals surface area contributed by atoms with Gasteiger partial charge in [0.05, 0.1) is 0 Å². The van der Waals surface area contributed by atoms with Crippen LogP contribution in [0.1, 0.15) is 40.2 Å². The van der Waals surface area contributed by atoms with E-state index in [0.29, 0.717) is 23.0 Å². The molecule has 1 unspecified atom stereocenters. The summed E-state index contributed by atoms with van der Waals surface area (Å²) in [4.78, 5) is 0. The van der Waals surface area contributed by atoms with Crippen LogP contribution in [0.4, 0.5) is 0 Å². The molecule has 0 spiro atoms. The zero-order valence-electron chi connectivity index (χ0n) is 11.1. The minimum atomic E-state index is 0.345. The van der Waals surface area contributed by atoms with Crippen molar-refractivity contribution in [2.45, 2.75) is 41.0 Å². The van der Waals surface area contributed by atoms with E-state index in [0.717, 1.165) is 6.42 Å². The van der Waals surface area contributed by atoms with Gasteiger partial charge in [-0.05, 0) is 41.4 Å². The lowest BCUT2D eigenvalue weighted by atomic mass is 9.69. The molecule has 0 saturated carbocycles. The van der Waals surface area contributed by atoms with Crippen LogP contribution >= 0.6 is 0 Å².